The third-order valence-electron chi connectivity index (χ3n) is 3.31. The van der Waals surface area contributed by atoms with Gasteiger partial charge in [-0.2, -0.15) is 0 Å². The number of hydrogen-bond donors (Lipinski definition) is 0. The highest BCUT2D eigenvalue weighted by molar-refractivity contribution is 9.11. The summed E-state index contributed by atoms with van der Waals surface area (Å²) in [6.07, 6.45) is 9.39. The Kier molecular flexibility index (Phi) is 4.91. The Morgan fingerprint density at radius 3 is 2.75 bits per heavy atom. The van der Waals surface area contributed by atoms with Gasteiger partial charge in [-0.05, 0) is 43.1 Å². The summed E-state index contributed by atoms with van der Waals surface area (Å²) in [5, 5.41) is 0. The van der Waals surface area contributed by atoms with Crippen LogP contribution in [0, 0.1) is 0 Å². The van der Waals surface area contributed by atoms with Crippen molar-refractivity contribution in [3.8, 4) is 0 Å². The normalized spacial score (nSPS) is 17.6. The molecule has 2 rings (SSSR count). The second kappa shape index (κ2) is 6.67. The van der Waals surface area contributed by atoms with Crippen LogP contribution in [0.1, 0.15) is 29.3 Å². The topological polar surface area (TPSA) is 17.1 Å². The van der Waals surface area contributed by atoms with E-state index in [1.807, 2.05) is 55.5 Å². The fourth-order valence-corrected chi connectivity index (χ4v) is 2.34. The third-order valence-corrected chi connectivity index (χ3v) is 4.03. The molecule has 0 saturated carbocycles. The van der Waals surface area contributed by atoms with Crippen molar-refractivity contribution in [2.45, 2.75) is 19.8 Å². The van der Waals surface area contributed by atoms with Gasteiger partial charge < -0.3 is 0 Å². The largest absolute Gasteiger partial charge is 0.289 e. The molecule has 0 unspecified atom stereocenters. The van der Waals surface area contributed by atoms with Crippen molar-refractivity contribution < 1.29 is 4.79 Å². The third kappa shape index (κ3) is 3.45. The average molecular weight is 329 g/mol. The van der Waals surface area contributed by atoms with E-state index >= 15 is 0 Å². The number of halogens is 1. The second-order valence-corrected chi connectivity index (χ2v) is 5.65. The van der Waals surface area contributed by atoms with Gasteiger partial charge in [0.05, 0.1) is 0 Å². The first-order chi connectivity index (χ1) is 9.61. The van der Waals surface area contributed by atoms with E-state index in [-0.39, 0.29) is 5.78 Å². The van der Waals surface area contributed by atoms with Gasteiger partial charge in [0.15, 0.2) is 5.78 Å². The van der Waals surface area contributed by atoms with E-state index < -0.39 is 0 Å². The molecule has 1 aromatic carbocycles. The molecule has 1 aromatic rings. The summed E-state index contributed by atoms with van der Waals surface area (Å²) in [5.41, 5.74) is 3.66. The van der Waals surface area contributed by atoms with E-state index in [4.69, 9.17) is 0 Å². The van der Waals surface area contributed by atoms with E-state index in [0.29, 0.717) is 0 Å². The highest BCUT2D eigenvalue weighted by Gasteiger charge is 2.20. The predicted octanol–water partition coefficient (Wildman–Crippen LogP) is 5.15. The molecule has 0 bridgehead atoms. The van der Waals surface area contributed by atoms with E-state index in [1.165, 1.54) is 0 Å². The minimum atomic E-state index is 0.131. The summed E-state index contributed by atoms with van der Waals surface area (Å²) in [4.78, 5) is 12.4. The Hall–Kier alpha value is -1.67. The van der Waals surface area contributed by atoms with Crippen LogP contribution >= 0.6 is 15.9 Å². The lowest BCUT2D eigenvalue weighted by Gasteiger charge is -2.17. The molecule has 0 amide bonds. The van der Waals surface area contributed by atoms with Crippen LogP contribution in [0.4, 0.5) is 0 Å². The van der Waals surface area contributed by atoms with E-state index in [9.17, 15) is 4.79 Å². The fraction of sp³-hybridized carbons (Fsp3) is 0.167. The SMILES string of the molecule is C=C(/C=C\C(Br)=C/C)/C=C1\CCc2ccccc2C1=O. The fourth-order valence-electron chi connectivity index (χ4n) is 2.21. The van der Waals surface area contributed by atoms with E-state index in [1.54, 1.807) is 0 Å². The smallest absolute Gasteiger partial charge is 0.189 e. The summed E-state index contributed by atoms with van der Waals surface area (Å²) < 4.78 is 0.998. The maximum atomic E-state index is 12.4. The maximum absolute atomic E-state index is 12.4. The molecule has 1 aliphatic carbocycles. The Balaban J connectivity index is 2.19. The lowest BCUT2D eigenvalue weighted by molar-refractivity contribution is 0.102. The minimum Gasteiger partial charge on any atom is -0.289 e. The summed E-state index contributed by atoms with van der Waals surface area (Å²) in [6, 6.07) is 7.83. The zero-order chi connectivity index (χ0) is 14.5. The monoisotopic (exact) mass is 328 g/mol. The van der Waals surface area contributed by atoms with E-state index in [2.05, 4.69) is 22.5 Å². The van der Waals surface area contributed by atoms with Crippen LogP contribution in [0.3, 0.4) is 0 Å². The molecule has 0 radical (unpaired) electrons. The van der Waals surface area contributed by atoms with Gasteiger partial charge >= 0.3 is 0 Å². The van der Waals surface area contributed by atoms with Gasteiger partial charge in [0, 0.05) is 15.6 Å². The standard InChI is InChI=1S/C18H17BrO/c1-3-16(19)11-8-13(2)12-15-10-9-14-6-4-5-7-17(14)18(15)20/h3-8,11-12H,2,9-10H2,1H3/b11-8-,15-12+,16-3+. The lowest BCUT2D eigenvalue weighted by Crippen LogP contribution is -2.13. The minimum absolute atomic E-state index is 0.131. The maximum Gasteiger partial charge on any atom is 0.189 e. The molecular weight excluding hydrogens is 312 g/mol. The number of aryl methyl sites for hydroxylation is 1. The molecule has 2 heteroatoms. The van der Waals surface area contributed by atoms with Crippen molar-refractivity contribution >= 4 is 21.7 Å². The number of allylic oxidation sites excluding steroid dienone is 7. The van der Waals surface area contributed by atoms with Gasteiger partial charge in [-0.3, -0.25) is 4.79 Å². The summed E-state index contributed by atoms with van der Waals surface area (Å²) in [6.45, 7) is 5.94. The Morgan fingerprint density at radius 2 is 2.00 bits per heavy atom. The first-order valence-electron chi connectivity index (χ1n) is 6.64. The molecule has 1 nitrogen and oxygen atoms in total. The predicted molar refractivity (Wildman–Crippen MR) is 88.1 cm³/mol. The Labute approximate surface area is 128 Å². The van der Waals surface area contributed by atoms with Crippen LogP contribution in [-0.4, -0.2) is 5.78 Å². The van der Waals surface area contributed by atoms with Crippen LogP contribution in [0.15, 0.2) is 70.8 Å². The van der Waals surface area contributed by atoms with Crippen molar-refractivity contribution in [2.24, 2.45) is 0 Å². The molecule has 0 saturated heterocycles. The van der Waals surface area contributed by atoms with Crippen molar-refractivity contribution in [2.75, 3.05) is 0 Å². The van der Waals surface area contributed by atoms with Crippen molar-refractivity contribution in [1.29, 1.82) is 0 Å². The van der Waals surface area contributed by atoms with Gasteiger partial charge in [-0.15, -0.1) is 0 Å². The average Bonchev–Trinajstić information content (AvgIpc) is 2.48. The van der Waals surface area contributed by atoms with Crippen molar-refractivity contribution in [3.05, 3.63) is 81.9 Å². The quantitative estimate of drug-likeness (QED) is 0.553. The first kappa shape index (κ1) is 14.7. The van der Waals surface area contributed by atoms with Crippen LogP contribution < -0.4 is 0 Å². The van der Waals surface area contributed by atoms with Gasteiger partial charge in [-0.25, -0.2) is 0 Å². The number of carbonyl (C=O) groups excluding carboxylic acids is 1. The molecule has 0 fully saturated rings. The molecule has 0 atom stereocenters. The summed E-state index contributed by atoms with van der Waals surface area (Å²) >= 11 is 3.41. The van der Waals surface area contributed by atoms with E-state index in [0.717, 1.165) is 39.6 Å². The zero-order valence-corrected chi connectivity index (χ0v) is 13.1. The highest BCUT2D eigenvalue weighted by atomic mass is 79.9. The molecular formula is C18H17BrO. The number of hydrogen-bond acceptors (Lipinski definition) is 1. The number of rotatable bonds is 3. The molecule has 0 aromatic heterocycles. The van der Waals surface area contributed by atoms with Crippen LogP contribution in [0.2, 0.25) is 0 Å². The number of ketones is 1. The molecule has 0 heterocycles. The number of benzene rings is 1. The van der Waals surface area contributed by atoms with Gasteiger partial charge in [0.25, 0.3) is 0 Å². The number of Topliss-reactive ketones (excluding diaryl/α,β-unsaturated/α-hetero) is 1. The molecule has 102 valence electrons. The first-order valence-corrected chi connectivity index (χ1v) is 7.43. The van der Waals surface area contributed by atoms with Gasteiger partial charge in [0.1, 0.15) is 0 Å². The Bertz CT molecular complexity index is 633. The van der Waals surface area contributed by atoms with Crippen LogP contribution in [0.5, 0.6) is 0 Å². The number of carbonyl (C=O) groups is 1. The lowest BCUT2D eigenvalue weighted by atomic mass is 9.86. The molecule has 0 aliphatic heterocycles. The van der Waals surface area contributed by atoms with Gasteiger partial charge in [-0.1, -0.05) is 58.9 Å². The summed E-state index contributed by atoms with van der Waals surface area (Å²) in [7, 11) is 0. The van der Waals surface area contributed by atoms with Crippen LogP contribution in [0.25, 0.3) is 0 Å². The highest BCUT2D eigenvalue weighted by Crippen LogP contribution is 2.25. The summed E-state index contributed by atoms with van der Waals surface area (Å²) in [5.74, 6) is 0.131. The second-order valence-electron chi connectivity index (χ2n) is 4.74. The molecule has 1 aliphatic rings. The molecule has 20 heavy (non-hydrogen) atoms. The zero-order valence-electron chi connectivity index (χ0n) is 11.5. The van der Waals surface area contributed by atoms with Gasteiger partial charge in [0.2, 0.25) is 0 Å². The molecule has 0 N–H and O–H groups in total. The number of fused-ring (bicyclic) bond motifs is 1. The van der Waals surface area contributed by atoms with Crippen molar-refractivity contribution in [3.63, 3.8) is 0 Å². The van der Waals surface area contributed by atoms with Crippen molar-refractivity contribution in [1.82, 2.24) is 0 Å². The van der Waals surface area contributed by atoms with Crippen LogP contribution in [-0.2, 0) is 6.42 Å². The molecule has 0 spiro atoms. The Morgan fingerprint density at radius 1 is 1.25 bits per heavy atom.